The number of benzene rings is 1. The molecular weight excluding hydrogens is 237 g/mol. The van der Waals surface area contributed by atoms with Crippen molar-refractivity contribution < 1.29 is 8.60 Å². The molecule has 0 heterocycles. The molecule has 1 aromatic rings. The molecule has 3 unspecified atom stereocenters. The molecule has 0 saturated heterocycles. The maximum absolute atomic E-state index is 12.7. The smallest absolute Gasteiger partial charge is 0.123 e. The number of nitrogens with one attached hydrogen (secondary N) is 1. The highest BCUT2D eigenvalue weighted by Gasteiger charge is 2.09. The molecule has 3 atom stereocenters. The van der Waals surface area contributed by atoms with Gasteiger partial charge in [0.15, 0.2) is 0 Å². The Balaban J connectivity index is 2.41. The topological polar surface area (TPSA) is 29.1 Å². The van der Waals surface area contributed by atoms with E-state index in [0.717, 1.165) is 12.0 Å². The predicted molar refractivity (Wildman–Crippen MR) is 71.1 cm³/mol. The molecule has 1 rings (SSSR count). The lowest BCUT2D eigenvalue weighted by Gasteiger charge is -2.19. The zero-order valence-electron chi connectivity index (χ0n) is 10.6. The van der Waals surface area contributed by atoms with Gasteiger partial charge < -0.3 is 5.32 Å². The van der Waals surface area contributed by atoms with Crippen LogP contribution in [0.1, 0.15) is 19.4 Å². The Hall–Kier alpha value is -0.740. The Morgan fingerprint density at radius 3 is 2.35 bits per heavy atom. The first kappa shape index (κ1) is 14.3. The van der Waals surface area contributed by atoms with Gasteiger partial charge in [-0.1, -0.05) is 12.1 Å². The summed E-state index contributed by atoms with van der Waals surface area (Å²) in [7, 11) is -0.774. The van der Waals surface area contributed by atoms with Crippen LogP contribution in [-0.2, 0) is 17.2 Å². The molecule has 96 valence electrons. The summed E-state index contributed by atoms with van der Waals surface area (Å²) in [6.07, 6.45) is 2.56. The number of rotatable bonds is 6. The number of halogens is 1. The molecule has 0 bridgehead atoms. The Bertz CT molecular complexity index is 366. The summed E-state index contributed by atoms with van der Waals surface area (Å²) in [6.45, 7) is 4.11. The highest BCUT2D eigenvalue weighted by atomic mass is 32.2. The van der Waals surface area contributed by atoms with Gasteiger partial charge in [0.05, 0.1) is 0 Å². The number of hydrogen-bond donors (Lipinski definition) is 1. The third-order valence-corrected chi connectivity index (χ3v) is 3.48. The fourth-order valence-electron chi connectivity index (χ4n) is 1.92. The molecule has 0 radical (unpaired) electrons. The van der Waals surface area contributed by atoms with Gasteiger partial charge in [0, 0.05) is 34.9 Å². The third-order valence-electron chi connectivity index (χ3n) is 2.51. The molecular formula is C13H20FNOS. The van der Waals surface area contributed by atoms with Gasteiger partial charge in [0.25, 0.3) is 0 Å². The van der Waals surface area contributed by atoms with Crippen molar-refractivity contribution >= 4 is 10.8 Å². The summed E-state index contributed by atoms with van der Waals surface area (Å²) >= 11 is 0. The van der Waals surface area contributed by atoms with Gasteiger partial charge in [-0.3, -0.25) is 4.21 Å². The zero-order chi connectivity index (χ0) is 12.8. The Kier molecular flexibility index (Phi) is 5.78. The summed E-state index contributed by atoms with van der Waals surface area (Å²) in [5.74, 6) is 0.456. The van der Waals surface area contributed by atoms with E-state index in [-0.39, 0.29) is 11.9 Å². The van der Waals surface area contributed by atoms with Crippen LogP contribution in [0.3, 0.4) is 0 Å². The number of hydrogen-bond acceptors (Lipinski definition) is 2. The lowest BCUT2D eigenvalue weighted by molar-refractivity contribution is 0.489. The minimum atomic E-state index is -0.774. The van der Waals surface area contributed by atoms with Crippen LogP contribution in [0.15, 0.2) is 24.3 Å². The van der Waals surface area contributed by atoms with Crippen LogP contribution in [-0.4, -0.2) is 28.3 Å². The largest absolute Gasteiger partial charge is 0.311 e. The summed E-state index contributed by atoms with van der Waals surface area (Å²) in [6, 6.07) is 7.08. The van der Waals surface area contributed by atoms with E-state index in [0.29, 0.717) is 11.8 Å². The average Bonchev–Trinajstić information content (AvgIpc) is 2.19. The van der Waals surface area contributed by atoms with Crippen LogP contribution in [0.5, 0.6) is 0 Å². The molecule has 0 spiro atoms. The van der Waals surface area contributed by atoms with Crippen LogP contribution < -0.4 is 5.32 Å². The molecule has 17 heavy (non-hydrogen) atoms. The van der Waals surface area contributed by atoms with Crippen LogP contribution in [0.25, 0.3) is 0 Å². The van der Waals surface area contributed by atoms with Crippen molar-refractivity contribution in [2.45, 2.75) is 32.4 Å². The third kappa shape index (κ3) is 5.94. The lowest BCUT2D eigenvalue weighted by Crippen LogP contribution is -2.38. The van der Waals surface area contributed by atoms with E-state index in [1.54, 1.807) is 18.4 Å². The highest BCUT2D eigenvalue weighted by molar-refractivity contribution is 7.84. The molecule has 1 aromatic carbocycles. The fourth-order valence-corrected chi connectivity index (χ4v) is 2.72. The van der Waals surface area contributed by atoms with Crippen molar-refractivity contribution in [2.75, 3.05) is 12.0 Å². The van der Waals surface area contributed by atoms with E-state index in [1.165, 1.54) is 12.1 Å². The fraction of sp³-hybridized carbons (Fsp3) is 0.538. The van der Waals surface area contributed by atoms with Crippen molar-refractivity contribution in [3.05, 3.63) is 35.6 Å². The predicted octanol–water partition coefficient (Wildman–Crippen LogP) is 2.11. The van der Waals surface area contributed by atoms with Crippen LogP contribution in [0.4, 0.5) is 4.39 Å². The van der Waals surface area contributed by atoms with Crippen LogP contribution >= 0.6 is 0 Å². The molecule has 0 fully saturated rings. The van der Waals surface area contributed by atoms with E-state index < -0.39 is 10.8 Å². The van der Waals surface area contributed by atoms with Crippen LogP contribution in [0, 0.1) is 5.82 Å². The minimum absolute atomic E-state index is 0.205. The molecule has 0 aliphatic carbocycles. The van der Waals surface area contributed by atoms with Gasteiger partial charge in [-0.2, -0.15) is 0 Å². The summed E-state index contributed by atoms with van der Waals surface area (Å²) < 4.78 is 23.8. The first-order valence-corrected chi connectivity index (χ1v) is 7.50. The molecule has 1 N–H and O–H groups in total. The van der Waals surface area contributed by atoms with Crippen molar-refractivity contribution in [3.63, 3.8) is 0 Å². The van der Waals surface area contributed by atoms with Crippen LogP contribution in [0.2, 0.25) is 0 Å². The normalized spacial score (nSPS) is 16.5. The first-order chi connectivity index (χ1) is 7.97. The second-order valence-corrected chi connectivity index (χ2v) is 6.02. The Labute approximate surface area is 105 Å². The first-order valence-electron chi connectivity index (χ1n) is 5.78. The SMILES string of the molecule is CC(Cc1ccc(F)cc1)NC(C)CS(C)=O. The standard InChI is InChI=1S/C13H20FNOS/c1-10(15-11(2)9-17(3)16)8-12-4-6-13(14)7-5-12/h4-7,10-11,15H,8-9H2,1-3H3. The molecule has 0 aliphatic heterocycles. The molecule has 0 aromatic heterocycles. The minimum Gasteiger partial charge on any atom is -0.311 e. The quantitative estimate of drug-likeness (QED) is 0.845. The highest BCUT2D eigenvalue weighted by Crippen LogP contribution is 2.06. The van der Waals surface area contributed by atoms with E-state index >= 15 is 0 Å². The van der Waals surface area contributed by atoms with Crippen molar-refractivity contribution in [3.8, 4) is 0 Å². The van der Waals surface area contributed by atoms with E-state index in [2.05, 4.69) is 12.2 Å². The van der Waals surface area contributed by atoms with Gasteiger partial charge in [-0.25, -0.2) is 4.39 Å². The second kappa shape index (κ2) is 6.87. The second-order valence-electron chi connectivity index (χ2n) is 4.54. The van der Waals surface area contributed by atoms with Crippen molar-refractivity contribution in [1.29, 1.82) is 0 Å². The summed E-state index contributed by atoms with van der Waals surface area (Å²) in [5, 5.41) is 3.39. The molecule has 4 heteroatoms. The molecule has 2 nitrogen and oxygen atoms in total. The molecule has 0 amide bonds. The van der Waals surface area contributed by atoms with Gasteiger partial charge in [0.1, 0.15) is 5.82 Å². The van der Waals surface area contributed by atoms with Crippen molar-refractivity contribution in [2.24, 2.45) is 0 Å². The monoisotopic (exact) mass is 257 g/mol. The van der Waals surface area contributed by atoms with E-state index in [1.807, 2.05) is 6.92 Å². The van der Waals surface area contributed by atoms with Gasteiger partial charge >= 0.3 is 0 Å². The Morgan fingerprint density at radius 1 is 1.24 bits per heavy atom. The average molecular weight is 257 g/mol. The summed E-state index contributed by atoms with van der Waals surface area (Å²) in [4.78, 5) is 0. The van der Waals surface area contributed by atoms with E-state index in [4.69, 9.17) is 0 Å². The Morgan fingerprint density at radius 2 is 1.82 bits per heavy atom. The zero-order valence-corrected chi connectivity index (χ0v) is 11.4. The summed E-state index contributed by atoms with van der Waals surface area (Å²) in [5.41, 5.74) is 1.11. The van der Waals surface area contributed by atoms with Gasteiger partial charge in [-0.05, 0) is 38.0 Å². The van der Waals surface area contributed by atoms with Crippen molar-refractivity contribution in [1.82, 2.24) is 5.32 Å². The lowest BCUT2D eigenvalue weighted by atomic mass is 10.1. The van der Waals surface area contributed by atoms with E-state index in [9.17, 15) is 8.60 Å². The van der Waals surface area contributed by atoms with Gasteiger partial charge in [-0.15, -0.1) is 0 Å². The van der Waals surface area contributed by atoms with Gasteiger partial charge in [0.2, 0.25) is 0 Å². The molecule has 0 saturated carbocycles. The maximum atomic E-state index is 12.7. The maximum Gasteiger partial charge on any atom is 0.123 e. The molecule has 0 aliphatic rings.